The standard InChI is InChI=1S/C15H15F2N3O2/c1-9-18-14(20-22-9)15(6-2-3-7-15)19-13(21)11-8-10(16)4-5-12(11)17/h4-5,8H,2-3,6-7H2,1H3,(H,19,21). The summed E-state index contributed by atoms with van der Waals surface area (Å²) in [5, 5.41) is 6.66. The molecule has 5 nitrogen and oxygen atoms in total. The average Bonchev–Trinajstić information content (AvgIpc) is 3.11. The number of carbonyl (C=O) groups excluding carboxylic acids is 1. The van der Waals surface area contributed by atoms with E-state index in [1.807, 2.05) is 0 Å². The van der Waals surface area contributed by atoms with Crippen LogP contribution in [0, 0.1) is 18.6 Å². The molecule has 22 heavy (non-hydrogen) atoms. The van der Waals surface area contributed by atoms with E-state index in [1.54, 1.807) is 6.92 Å². The van der Waals surface area contributed by atoms with Crippen LogP contribution in [0.25, 0.3) is 0 Å². The fraction of sp³-hybridized carbons (Fsp3) is 0.400. The Kier molecular flexibility index (Phi) is 3.64. The van der Waals surface area contributed by atoms with E-state index in [0.717, 1.165) is 31.0 Å². The Morgan fingerprint density at radius 3 is 2.68 bits per heavy atom. The molecule has 1 aliphatic carbocycles. The van der Waals surface area contributed by atoms with Crippen molar-refractivity contribution in [3.05, 3.63) is 47.1 Å². The fourth-order valence-corrected chi connectivity index (χ4v) is 2.83. The molecule has 116 valence electrons. The number of halogens is 2. The van der Waals surface area contributed by atoms with Gasteiger partial charge in [0.05, 0.1) is 5.56 Å². The van der Waals surface area contributed by atoms with Gasteiger partial charge in [-0.15, -0.1) is 0 Å². The van der Waals surface area contributed by atoms with Crippen molar-refractivity contribution in [1.82, 2.24) is 15.5 Å². The van der Waals surface area contributed by atoms with Crippen LogP contribution in [0.5, 0.6) is 0 Å². The summed E-state index contributed by atoms with van der Waals surface area (Å²) in [4.78, 5) is 16.5. The highest BCUT2D eigenvalue weighted by molar-refractivity contribution is 5.95. The maximum absolute atomic E-state index is 13.7. The lowest BCUT2D eigenvalue weighted by Crippen LogP contribution is -2.45. The Hall–Kier alpha value is -2.31. The van der Waals surface area contributed by atoms with Crippen molar-refractivity contribution >= 4 is 5.91 Å². The predicted molar refractivity (Wildman–Crippen MR) is 73.0 cm³/mol. The molecule has 0 aliphatic heterocycles. The van der Waals surface area contributed by atoms with E-state index in [2.05, 4.69) is 15.5 Å². The molecule has 1 aliphatic rings. The van der Waals surface area contributed by atoms with Gasteiger partial charge in [-0.05, 0) is 31.0 Å². The highest BCUT2D eigenvalue weighted by atomic mass is 19.1. The van der Waals surface area contributed by atoms with E-state index < -0.39 is 23.1 Å². The summed E-state index contributed by atoms with van der Waals surface area (Å²) in [7, 11) is 0. The van der Waals surface area contributed by atoms with E-state index >= 15 is 0 Å². The van der Waals surface area contributed by atoms with Gasteiger partial charge in [-0.25, -0.2) is 8.78 Å². The third-order valence-electron chi connectivity index (χ3n) is 3.94. The SMILES string of the molecule is Cc1nc(C2(NC(=O)c3cc(F)ccc3F)CCCC2)no1. The van der Waals surface area contributed by atoms with Gasteiger partial charge in [0.2, 0.25) is 5.89 Å². The normalized spacial score (nSPS) is 16.7. The zero-order valence-electron chi connectivity index (χ0n) is 12.0. The lowest BCUT2D eigenvalue weighted by Gasteiger charge is -2.26. The molecule has 0 unspecified atom stereocenters. The summed E-state index contributed by atoms with van der Waals surface area (Å²) >= 11 is 0. The first kappa shape index (κ1) is 14.6. The molecule has 0 radical (unpaired) electrons. The Bertz CT molecular complexity index is 709. The molecule has 1 heterocycles. The van der Waals surface area contributed by atoms with Crippen molar-refractivity contribution in [2.45, 2.75) is 38.1 Å². The van der Waals surface area contributed by atoms with Gasteiger partial charge in [-0.1, -0.05) is 18.0 Å². The minimum Gasteiger partial charge on any atom is -0.340 e. The Labute approximate surface area is 125 Å². The van der Waals surface area contributed by atoms with E-state index in [1.165, 1.54) is 0 Å². The van der Waals surface area contributed by atoms with Gasteiger partial charge in [-0.2, -0.15) is 4.98 Å². The Morgan fingerprint density at radius 1 is 1.32 bits per heavy atom. The third-order valence-corrected chi connectivity index (χ3v) is 3.94. The number of nitrogens with zero attached hydrogens (tertiary/aromatic N) is 2. The predicted octanol–water partition coefficient (Wildman–Crippen LogP) is 2.86. The number of hydrogen-bond donors (Lipinski definition) is 1. The molecular formula is C15H15F2N3O2. The van der Waals surface area contributed by atoms with E-state index in [-0.39, 0.29) is 5.56 Å². The van der Waals surface area contributed by atoms with Crippen LogP contribution >= 0.6 is 0 Å². The van der Waals surface area contributed by atoms with Crippen LogP contribution in [0.3, 0.4) is 0 Å². The lowest BCUT2D eigenvalue weighted by molar-refractivity contribution is 0.0887. The maximum Gasteiger partial charge on any atom is 0.255 e. The van der Waals surface area contributed by atoms with Crippen molar-refractivity contribution < 1.29 is 18.1 Å². The van der Waals surface area contributed by atoms with Crippen molar-refractivity contribution in [3.8, 4) is 0 Å². The van der Waals surface area contributed by atoms with Gasteiger partial charge < -0.3 is 9.84 Å². The molecule has 3 rings (SSSR count). The molecule has 2 aromatic rings. The first-order chi connectivity index (χ1) is 10.5. The van der Waals surface area contributed by atoms with Crippen molar-refractivity contribution in [2.24, 2.45) is 0 Å². The molecule has 1 N–H and O–H groups in total. The summed E-state index contributed by atoms with van der Waals surface area (Å²) in [6.07, 6.45) is 3.04. The zero-order chi connectivity index (χ0) is 15.7. The van der Waals surface area contributed by atoms with E-state index in [4.69, 9.17) is 4.52 Å². The quantitative estimate of drug-likeness (QED) is 0.946. The summed E-state index contributed by atoms with van der Waals surface area (Å²) in [6, 6.07) is 2.79. The summed E-state index contributed by atoms with van der Waals surface area (Å²) in [5.41, 5.74) is -1.11. The number of aromatic nitrogens is 2. The van der Waals surface area contributed by atoms with Gasteiger partial charge in [0, 0.05) is 6.92 Å². The monoisotopic (exact) mass is 307 g/mol. The number of carbonyl (C=O) groups is 1. The molecule has 1 saturated carbocycles. The molecule has 0 saturated heterocycles. The number of amides is 1. The van der Waals surface area contributed by atoms with Crippen molar-refractivity contribution in [1.29, 1.82) is 0 Å². The Balaban J connectivity index is 1.91. The van der Waals surface area contributed by atoms with Crippen molar-refractivity contribution in [2.75, 3.05) is 0 Å². The molecule has 1 amide bonds. The minimum absolute atomic E-state index is 0.327. The third kappa shape index (κ3) is 2.58. The second-order valence-corrected chi connectivity index (χ2v) is 5.50. The van der Waals surface area contributed by atoms with Crippen LogP contribution in [-0.2, 0) is 5.54 Å². The van der Waals surface area contributed by atoms with Gasteiger partial charge in [-0.3, -0.25) is 4.79 Å². The van der Waals surface area contributed by atoms with Crippen LogP contribution in [0.4, 0.5) is 8.78 Å². The molecular weight excluding hydrogens is 292 g/mol. The lowest BCUT2D eigenvalue weighted by atomic mass is 9.95. The van der Waals surface area contributed by atoms with Crippen LogP contribution in [-0.4, -0.2) is 16.0 Å². The molecule has 0 atom stereocenters. The van der Waals surface area contributed by atoms with Gasteiger partial charge in [0.1, 0.15) is 17.2 Å². The highest BCUT2D eigenvalue weighted by Crippen LogP contribution is 2.37. The van der Waals surface area contributed by atoms with E-state index in [9.17, 15) is 13.6 Å². The average molecular weight is 307 g/mol. The maximum atomic E-state index is 13.7. The minimum atomic E-state index is -0.784. The largest absolute Gasteiger partial charge is 0.340 e. The first-order valence-electron chi connectivity index (χ1n) is 7.08. The van der Waals surface area contributed by atoms with Gasteiger partial charge >= 0.3 is 0 Å². The fourth-order valence-electron chi connectivity index (χ4n) is 2.83. The first-order valence-corrected chi connectivity index (χ1v) is 7.08. The molecule has 1 fully saturated rings. The second-order valence-electron chi connectivity index (χ2n) is 5.50. The molecule has 0 bridgehead atoms. The van der Waals surface area contributed by atoms with Crippen LogP contribution in [0.15, 0.2) is 22.7 Å². The van der Waals surface area contributed by atoms with Crippen molar-refractivity contribution in [3.63, 3.8) is 0 Å². The zero-order valence-corrected chi connectivity index (χ0v) is 12.0. The number of aryl methyl sites for hydroxylation is 1. The number of hydrogen-bond acceptors (Lipinski definition) is 4. The smallest absolute Gasteiger partial charge is 0.255 e. The molecule has 0 spiro atoms. The number of benzene rings is 1. The summed E-state index contributed by atoms with van der Waals surface area (Å²) in [5.74, 6) is -1.33. The molecule has 7 heteroatoms. The molecule has 1 aromatic heterocycles. The highest BCUT2D eigenvalue weighted by Gasteiger charge is 2.41. The second kappa shape index (κ2) is 5.47. The van der Waals surface area contributed by atoms with Crippen LogP contribution < -0.4 is 5.32 Å². The van der Waals surface area contributed by atoms with Crippen LogP contribution in [0.1, 0.15) is 47.8 Å². The topological polar surface area (TPSA) is 68.0 Å². The summed E-state index contributed by atoms with van der Waals surface area (Å²) < 4.78 is 32.0. The Morgan fingerprint density at radius 2 is 2.05 bits per heavy atom. The summed E-state index contributed by atoms with van der Waals surface area (Å²) in [6.45, 7) is 1.66. The van der Waals surface area contributed by atoms with Gasteiger partial charge in [0.15, 0.2) is 5.82 Å². The molecule has 1 aromatic carbocycles. The van der Waals surface area contributed by atoms with Gasteiger partial charge in [0.25, 0.3) is 5.91 Å². The van der Waals surface area contributed by atoms with Crippen LogP contribution in [0.2, 0.25) is 0 Å². The number of rotatable bonds is 3. The number of nitrogens with one attached hydrogen (secondary N) is 1. The van der Waals surface area contributed by atoms with E-state index in [0.29, 0.717) is 24.6 Å².